The molecule has 9 heteroatoms. The Balaban J connectivity index is 1.69. The van der Waals surface area contributed by atoms with E-state index in [0.717, 1.165) is 6.07 Å². The lowest BCUT2D eigenvalue weighted by Crippen LogP contribution is -2.31. The summed E-state index contributed by atoms with van der Waals surface area (Å²) >= 11 is 5.56. The maximum atomic E-state index is 13.3. The molecule has 0 aliphatic heterocycles. The summed E-state index contributed by atoms with van der Waals surface area (Å²) in [5.74, 6) is -1.30. The Labute approximate surface area is 159 Å². The number of carbonyl (C=O) groups excluding carboxylic acids is 2. The molecule has 0 saturated heterocycles. The molecule has 0 aliphatic carbocycles. The van der Waals surface area contributed by atoms with Gasteiger partial charge in [-0.05, 0) is 18.2 Å². The molecule has 2 rings (SSSR count). The van der Waals surface area contributed by atoms with E-state index in [1.54, 1.807) is 0 Å². The van der Waals surface area contributed by atoms with Gasteiger partial charge in [0.2, 0.25) is 5.56 Å². The van der Waals surface area contributed by atoms with Crippen LogP contribution in [0.1, 0.15) is 16.8 Å². The highest BCUT2D eigenvalue weighted by Gasteiger charge is 2.08. The molecule has 0 atom stereocenters. The SMILES string of the molecule is C=C(CCNC(=O)c1ccc(=O)[nH]c1)NC(=O)COc1ccc(Cl)c(F)c1. The van der Waals surface area contributed by atoms with E-state index in [2.05, 4.69) is 22.2 Å². The Kier molecular flexibility index (Phi) is 7.13. The Bertz CT molecular complexity index is 893. The second-order valence-corrected chi connectivity index (χ2v) is 5.87. The number of aromatic amines is 1. The van der Waals surface area contributed by atoms with Gasteiger partial charge in [-0.15, -0.1) is 0 Å². The molecule has 0 aliphatic rings. The fraction of sp³-hybridized carbons (Fsp3) is 0.167. The number of carbonyl (C=O) groups is 2. The largest absolute Gasteiger partial charge is 0.484 e. The summed E-state index contributed by atoms with van der Waals surface area (Å²) < 4.78 is 18.4. The monoisotopic (exact) mass is 393 g/mol. The number of rotatable bonds is 8. The Hall–Kier alpha value is -3.13. The summed E-state index contributed by atoms with van der Waals surface area (Å²) in [6.07, 6.45) is 1.61. The number of halogens is 2. The van der Waals surface area contributed by atoms with Crippen molar-refractivity contribution >= 4 is 23.4 Å². The van der Waals surface area contributed by atoms with Crippen LogP contribution in [0, 0.1) is 5.82 Å². The maximum Gasteiger partial charge on any atom is 0.262 e. The van der Waals surface area contributed by atoms with Crippen LogP contribution in [0.15, 0.2) is 53.6 Å². The fourth-order valence-electron chi connectivity index (χ4n) is 1.99. The van der Waals surface area contributed by atoms with Crippen LogP contribution < -0.4 is 20.9 Å². The maximum absolute atomic E-state index is 13.3. The van der Waals surface area contributed by atoms with Crippen LogP contribution in [0.2, 0.25) is 5.02 Å². The number of ether oxygens (including phenoxy) is 1. The molecule has 0 radical (unpaired) electrons. The molecule has 7 nitrogen and oxygen atoms in total. The van der Waals surface area contributed by atoms with Crippen LogP contribution in [0.25, 0.3) is 0 Å². The Morgan fingerprint density at radius 3 is 2.70 bits per heavy atom. The van der Waals surface area contributed by atoms with Crippen LogP contribution in [0.5, 0.6) is 5.75 Å². The number of pyridine rings is 1. The topological polar surface area (TPSA) is 100 Å². The minimum atomic E-state index is -0.641. The number of benzene rings is 1. The number of H-pyrrole nitrogens is 1. The molecular formula is C18H17ClFN3O4. The van der Waals surface area contributed by atoms with Gasteiger partial charge in [-0.2, -0.15) is 0 Å². The minimum Gasteiger partial charge on any atom is -0.484 e. The van der Waals surface area contributed by atoms with Crippen molar-refractivity contribution in [2.45, 2.75) is 6.42 Å². The van der Waals surface area contributed by atoms with Crippen LogP contribution in [0.3, 0.4) is 0 Å². The van der Waals surface area contributed by atoms with Crippen LogP contribution in [-0.4, -0.2) is 29.9 Å². The van der Waals surface area contributed by atoms with Gasteiger partial charge in [0, 0.05) is 37.0 Å². The van der Waals surface area contributed by atoms with Crippen molar-refractivity contribution in [3.63, 3.8) is 0 Å². The summed E-state index contributed by atoms with van der Waals surface area (Å²) in [5.41, 5.74) is 0.395. The third-order valence-corrected chi connectivity index (χ3v) is 3.64. The van der Waals surface area contributed by atoms with Gasteiger partial charge in [-0.25, -0.2) is 4.39 Å². The van der Waals surface area contributed by atoms with Gasteiger partial charge in [0.15, 0.2) is 6.61 Å². The number of hydrogen-bond acceptors (Lipinski definition) is 4. The first-order valence-corrected chi connectivity index (χ1v) is 8.25. The summed E-state index contributed by atoms with van der Waals surface area (Å²) in [7, 11) is 0. The van der Waals surface area contributed by atoms with Crippen molar-refractivity contribution < 1.29 is 18.7 Å². The number of nitrogens with one attached hydrogen (secondary N) is 3. The van der Waals surface area contributed by atoms with E-state index in [9.17, 15) is 18.8 Å². The second-order valence-electron chi connectivity index (χ2n) is 5.46. The summed E-state index contributed by atoms with van der Waals surface area (Å²) in [5, 5.41) is 5.12. The predicted molar refractivity (Wildman–Crippen MR) is 98.2 cm³/mol. The standard InChI is InChI=1S/C18H17ClFN3O4/c1-11(6-7-21-18(26)12-2-5-16(24)22-9-12)23-17(25)10-27-13-3-4-14(19)15(20)8-13/h2-5,8-9H,1,6-7,10H2,(H,21,26)(H,22,24)(H,23,25). The molecular weight excluding hydrogens is 377 g/mol. The Morgan fingerprint density at radius 1 is 1.26 bits per heavy atom. The molecule has 0 spiro atoms. The highest BCUT2D eigenvalue weighted by Crippen LogP contribution is 2.20. The molecule has 1 heterocycles. The zero-order valence-electron chi connectivity index (χ0n) is 14.2. The number of amides is 2. The van der Waals surface area contributed by atoms with Crippen LogP contribution in [0.4, 0.5) is 4.39 Å². The van der Waals surface area contributed by atoms with Crippen molar-refractivity contribution in [2.75, 3.05) is 13.2 Å². The van der Waals surface area contributed by atoms with Crippen LogP contribution >= 0.6 is 11.6 Å². The van der Waals surface area contributed by atoms with E-state index in [1.807, 2.05) is 0 Å². The third-order valence-electron chi connectivity index (χ3n) is 3.34. The normalized spacial score (nSPS) is 10.1. The van der Waals surface area contributed by atoms with Crippen molar-refractivity contribution in [3.8, 4) is 5.75 Å². The fourth-order valence-corrected chi connectivity index (χ4v) is 2.11. The lowest BCUT2D eigenvalue weighted by Gasteiger charge is -2.10. The van der Waals surface area contributed by atoms with E-state index in [4.69, 9.17) is 16.3 Å². The third kappa shape index (κ3) is 6.59. The molecule has 0 fully saturated rings. The summed E-state index contributed by atoms with van der Waals surface area (Å²) in [6.45, 7) is 3.60. The Morgan fingerprint density at radius 2 is 2.04 bits per heavy atom. The number of aromatic nitrogens is 1. The average Bonchev–Trinajstić information content (AvgIpc) is 2.63. The van der Waals surface area contributed by atoms with Crippen LogP contribution in [-0.2, 0) is 4.79 Å². The highest BCUT2D eigenvalue weighted by atomic mass is 35.5. The van der Waals surface area contributed by atoms with Gasteiger partial charge in [0.25, 0.3) is 11.8 Å². The molecule has 27 heavy (non-hydrogen) atoms. The quantitative estimate of drug-likeness (QED) is 0.638. The smallest absolute Gasteiger partial charge is 0.262 e. The minimum absolute atomic E-state index is 0.0379. The van der Waals surface area contributed by atoms with Crippen molar-refractivity contribution in [1.82, 2.24) is 15.6 Å². The lowest BCUT2D eigenvalue weighted by atomic mass is 10.2. The first kappa shape index (κ1) is 20.2. The molecule has 0 bridgehead atoms. The average molecular weight is 394 g/mol. The molecule has 1 aromatic carbocycles. The van der Waals surface area contributed by atoms with Gasteiger partial charge < -0.3 is 20.4 Å². The predicted octanol–water partition coefficient (Wildman–Crippen LogP) is 2.00. The number of hydrogen-bond donors (Lipinski definition) is 3. The van der Waals surface area contributed by atoms with Gasteiger partial charge in [-0.1, -0.05) is 18.2 Å². The van der Waals surface area contributed by atoms with E-state index in [0.29, 0.717) is 17.7 Å². The van der Waals surface area contributed by atoms with E-state index in [-0.39, 0.29) is 35.4 Å². The molecule has 2 aromatic rings. The van der Waals surface area contributed by atoms with Gasteiger partial charge >= 0.3 is 0 Å². The van der Waals surface area contributed by atoms with E-state index < -0.39 is 11.7 Å². The molecule has 2 amide bonds. The molecule has 0 saturated carbocycles. The summed E-state index contributed by atoms with van der Waals surface area (Å²) in [4.78, 5) is 37.0. The van der Waals surface area contributed by atoms with E-state index >= 15 is 0 Å². The summed E-state index contributed by atoms with van der Waals surface area (Å²) in [6, 6.07) is 6.51. The second kappa shape index (κ2) is 9.54. The zero-order valence-corrected chi connectivity index (χ0v) is 14.9. The van der Waals surface area contributed by atoms with Crippen molar-refractivity contribution in [1.29, 1.82) is 0 Å². The van der Waals surface area contributed by atoms with Crippen molar-refractivity contribution in [3.05, 3.63) is 75.6 Å². The lowest BCUT2D eigenvalue weighted by molar-refractivity contribution is -0.122. The molecule has 3 N–H and O–H groups in total. The molecule has 142 valence electrons. The van der Waals surface area contributed by atoms with Gasteiger partial charge in [-0.3, -0.25) is 14.4 Å². The van der Waals surface area contributed by atoms with Gasteiger partial charge in [0.05, 0.1) is 10.6 Å². The highest BCUT2D eigenvalue weighted by molar-refractivity contribution is 6.30. The first-order valence-electron chi connectivity index (χ1n) is 7.87. The van der Waals surface area contributed by atoms with E-state index in [1.165, 1.54) is 30.5 Å². The van der Waals surface area contributed by atoms with Gasteiger partial charge in [0.1, 0.15) is 11.6 Å². The molecule has 0 unspecified atom stereocenters. The zero-order chi connectivity index (χ0) is 19.8. The molecule has 1 aromatic heterocycles. The first-order chi connectivity index (χ1) is 12.8. The van der Waals surface area contributed by atoms with Crippen molar-refractivity contribution in [2.24, 2.45) is 0 Å².